The van der Waals surface area contributed by atoms with Gasteiger partial charge in [-0.1, -0.05) is 0 Å². The fourth-order valence-electron chi connectivity index (χ4n) is 3.75. The van der Waals surface area contributed by atoms with Crippen molar-refractivity contribution >= 4 is 22.0 Å². The van der Waals surface area contributed by atoms with Crippen LogP contribution in [0.4, 0.5) is 0 Å². The molecule has 10 heteroatoms. The summed E-state index contributed by atoms with van der Waals surface area (Å²) < 4.78 is 34.5. The van der Waals surface area contributed by atoms with Crippen molar-refractivity contribution in [1.29, 1.82) is 0 Å². The molecule has 5 N–H and O–H groups in total. The highest BCUT2D eigenvalue weighted by Crippen LogP contribution is 2.43. The monoisotopic (exact) mass is 440 g/mol. The number of nitrogens with zero attached hydrogens (tertiary/aromatic N) is 1. The smallest absolute Gasteiger partial charge is 0.320 e. The minimum Gasteiger partial charge on any atom is -0.487 e. The van der Waals surface area contributed by atoms with Gasteiger partial charge in [-0.3, -0.25) is 9.79 Å². The first-order valence-electron chi connectivity index (χ1n) is 9.85. The maximum Gasteiger partial charge on any atom is 0.320 e. The van der Waals surface area contributed by atoms with Crippen LogP contribution in [0, 0.1) is 20.8 Å². The van der Waals surface area contributed by atoms with Crippen LogP contribution in [0.5, 0.6) is 5.75 Å². The number of hydrogen-bond acceptors (Lipinski definition) is 6. The topological polar surface area (TPSA) is 143 Å². The predicted octanol–water partition coefficient (Wildman–Crippen LogP) is 1.37. The molecule has 0 radical (unpaired) electrons. The highest BCUT2D eigenvalue weighted by atomic mass is 32.2. The Bertz CT molecular complexity index is 970. The zero-order chi connectivity index (χ0) is 22.9. The van der Waals surface area contributed by atoms with Crippen molar-refractivity contribution in [1.82, 2.24) is 10.0 Å². The van der Waals surface area contributed by atoms with Gasteiger partial charge in [0.15, 0.2) is 0 Å². The van der Waals surface area contributed by atoms with Gasteiger partial charge in [-0.05, 0) is 71.2 Å². The van der Waals surface area contributed by atoms with Crippen LogP contribution in [-0.4, -0.2) is 50.7 Å². The first kappa shape index (κ1) is 23.9. The van der Waals surface area contributed by atoms with Crippen LogP contribution in [0.1, 0.15) is 48.9 Å². The number of benzene rings is 1. The second kappa shape index (κ2) is 8.81. The highest BCUT2D eigenvalue weighted by Gasteiger charge is 2.36. The van der Waals surface area contributed by atoms with Crippen LogP contribution < -0.4 is 20.5 Å². The molecule has 1 aliphatic heterocycles. The van der Waals surface area contributed by atoms with E-state index in [4.69, 9.17) is 15.6 Å². The molecule has 1 heterocycles. The molecular formula is C20H32N4O5S. The number of aliphatic imine (C=N–C) groups is 1. The molecule has 168 valence electrons. The zero-order valence-electron chi connectivity index (χ0n) is 18.4. The van der Waals surface area contributed by atoms with Gasteiger partial charge in [0.05, 0.1) is 4.90 Å². The van der Waals surface area contributed by atoms with Gasteiger partial charge in [0.2, 0.25) is 5.96 Å². The average molecular weight is 441 g/mol. The Kier molecular flexibility index (Phi) is 7.03. The van der Waals surface area contributed by atoms with Crippen LogP contribution in [0.3, 0.4) is 0 Å². The van der Waals surface area contributed by atoms with Gasteiger partial charge in [-0.25, -0.2) is 13.1 Å². The molecular weight excluding hydrogens is 408 g/mol. The molecule has 1 aliphatic rings. The standard InChI is InChI=1S/C20H32N4O5S/c1-11-12(2)17(13(3)14-10-20(4,5)29-16(11)14)30(27,28)24-19(21)23-9-7-8-15(22-6)18(25)26/h15,22H,7-10H2,1-6H3,(H,25,26)(H3,21,23,24). The summed E-state index contributed by atoms with van der Waals surface area (Å²) in [6.45, 7) is 9.54. The van der Waals surface area contributed by atoms with E-state index < -0.39 is 22.0 Å². The number of guanidine groups is 1. The lowest BCUT2D eigenvalue weighted by Gasteiger charge is -2.19. The highest BCUT2D eigenvalue weighted by molar-refractivity contribution is 7.90. The number of carboxylic acid groups (broad SMARTS) is 1. The first-order valence-corrected chi connectivity index (χ1v) is 11.3. The molecule has 1 unspecified atom stereocenters. The number of likely N-dealkylation sites (N-methyl/N-ethyl adjacent to an activating group) is 1. The van der Waals surface area contributed by atoms with E-state index in [-0.39, 0.29) is 23.0 Å². The van der Waals surface area contributed by atoms with Crippen LogP contribution >= 0.6 is 0 Å². The minimum absolute atomic E-state index is 0.194. The van der Waals surface area contributed by atoms with E-state index in [1.165, 1.54) is 0 Å². The maximum absolute atomic E-state index is 13.1. The van der Waals surface area contributed by atoms with Crippen molar-refractivity contribution in [2.75, 3.05) is 13.6 Å². The summed E-state index contributed by atoms with van der Waals surface area (Å²) in [5, 5.41) is 11.7. The molecule has 2 rings (SSSR count). The van der Waals surface area contributed by atoms with E-state index in [1.54, 1.807) is 20.9 Å². The summed E-state index contributed by atoms with van der Waals surface area (Å²) in [4.78, 5) is 15.2. The summed E-state index contributed by atoms with van der Waals surface area (Å²) in [5.74, 6) is -0.409. The van der Waals surface area contributed by atoms with E-state index in [0.29, 0.717) is 30.4 Å². The van der Waals surface area contributed by atoms with Gasteiger partial charge in [-0.2, -0.15) is 0 Å². The Morgan fingerprint density at radius 2 is 1.90 bits per heavy atom. The second-order valence-electron chi connectivity index (χ2n) is 8.24. The van der Waals surface area contributed by atoms with Crippen molar-refractivity contribution in [2.24, 2.45) is 10.7 Å². The molecule has 9 nitrogen and oxygen atoms in total. The van der Waals surface area contributed by atoms with Crippen LogP contribution in [0.2, 0.25) is 0 Å². The first-order chi connectivity index (χ1) is 13.8. The molecule has 0 aromatic heterocycles. The zero-order valence-corrected chi connectivity index (χ0v) is 19.2. The normalized spacial score (nSPS) is 16.7. The summed E-state index contributed by atoms with van der Waals surface area (Å²) in [7, 11) is -2.37. The molecule has 1 atom stereocenters. The largest absolute Gasteiger partial charge is 0.487 e. The number of ether oxygens (including phenoxy) is 1. The van der Waals surface area contributed by atoms with Crippen LogP contribution in [0.25, 0.3) is 0 Å². The molecule has 0 aliphatic carbocycles. The van der Waals surface area contributed by atoms with Crippen molar-refractivity contribution in [3.8, 4) is 5.75 Å². The summed E-state index contributed by atoms with van der Waals surface area (Å²) >= 11 is 0. The third-order valence-electron chi connectivity index (χ3n) is 5.38. The number of aliphatic carboxylic acids is 1. The molecule has 0 amide bonds. The van der Waals surface area contributed by atoms with Gasteiger partial charge >= 0.3 is 5.97 Å². The SMILES string of the molecule is CNC(CCCN=C(N)NS(=O)(=O)c1c(C)c(C)c2c(c1C)CC(C)(C)O2)C(=O)O. The van der Waals surface area contributed by atoms with Crippen LogP contribution in [0.15, 0.2) is 9.89 Å². The number of nitrogens with one attached hydrogen (secondary N) is 2. The van der Waals surface area contributed by atoms with E-state index in [1.807, 2.05) is 20.8 Å². The number of carboxylic acids is 1. The summed E-state index contributed by atoms with van der Waals surface area (Å²) in [6.07, 6.45) is 1.42. The molecule has 1 aromatic rings. The Balaban J connectivity index is 2.20. The lowest BCUT2D eigenvalue weighted by molar-refractivity contribution is -0.139. The van der Waals surface area contributed by atoms with Crippen molar-refractivity contribution < 1.29 is 23.1 Å². The summed E-state index contributed by atoms with van der Waals surface area (Å²) in [6, 6.07) is -0.677. The molecule has 0 saturated heterocycles. The lowest BCUT2D eigenvalue weighted by Crippen LogP contribution is -2.38. The van der Waals surface area contributed by atoms with Gasteiger partial charge < -0.3 is 20.9 Å². The van der Waals surface area contributed by atoms with Gasteiger partial charge in [0.25, 0.3) is 10.0 Å². The maximum atomic E-state index is 13.1. The third kappa shape index (κ3) is 5.04. The van der Waals surface area contributed by atoms with E-state index in [0.717, 1.165) is 16.9 Å². The second-order valence-corrected chi connectivity index (χ2v) is 9.86. The van der Waals surface area contributed by atoms with Gasteiger partial charge in [-0.15, -0.1) is 0 Å². The molecule has 30 heavy (non-hydrogen) atoms. The number of nitrogens with two attached hydrogens (primary N) is 1. The van der Waals surface area contributed by atoms with E-state index in [2.05, 4.69) is 15.0 Å². The van der Waals surface area contributed by atoms with Crippen molar-refractivity contribution in [2.45, 2.75) is 70.4 Å². The predicted molar refractivity (Wildman–Crippen MR) is 116 cm³/mol. The van der Waals surface area contributed by atoms with E-state index >= 15 is 0 Å². The van der Waals surface area contributed by atoms with Gasteiger partial charge in [0.1, 0.15) is 17.4 Å². The lowest BCUT2D eigenvalue weighted by atomic mass is 9.94. The Hall–Kier alpha value is -2.33. The quantitative estimate of drug-likeness (QED) is 0.271. The Morgan fingerprint density at radius 1 is 1.27 bits per heavy atom. The molecule has 0 saturated carbocycles. The molecule has 0 spiro atoms. The Morgan fingerprint density at radius 3 is 2.47 bits per heavy atom. The summed E-state index contributed by atoms with van der Waals surface area (Å²) in [5.41, 5.74) is 8.37. The van der Waals surface area contributed by atoms with Crippen molar-refractivity contribution in [3.05, 3.63) is 22.3 Å². The Labute approximate surface area is 178 Å². The van der Waals surface area contributed by atoms with E-state index in [9.17, 15) is 13.2 Å². The van der Waals surface area contributed by atoms with Crippen molar-refractivity contribution in [3.63, 3.8) is 0 Å². The minimum atomic E-state index is -3.94. The number of fused-ring (bicyclic) bond motifs is 1. The molecule has 0 bridgehead atoms. The number of sulfonamides is 1. The fourth-order valence-corrected chi connectivity index (χ4v) is 5.28. The van der Waals surface area contributed by atoms with Crippen LogP contribution in [-0.2, 0) is 21.2 Å². The number of rotatable bonds is 8. The number of hydrogen-bond donors (Lipinski definition) is 4. The average Bonchev–Trinajstić information content (AvgIpc) is 2.95. The third-order valence-corrected chi connectivity index (χ3v) is 7.01. The fraction of sp³-hybridized carbons (Fsp3) is 0.600. The van der Waals surface area contributed by atoms with Gasteiger partial charge in [0, 0.05) is 18.5 Å². The molecule has 0 fully saturated rings. The number of carbonyl (C=O) groups is 1. The molecule has 1 aromatic carbocycles.